The lowest BCUT2D eigenvalue weighted by Crippen LogP contribution is -1.89. The molecular weight excluding hydrogens is 186 g/mol. The molecular formula is C13H15NO. The van der Waals surface area contributed by atoms with E-state index in [-0.39, 0.29) is 0 Å². The van der Waals surface area contributed by atoms with E-state index in [9.17, 15) is 0 Å². The number of nitrogens with zero attached hydrogens (tertiary/aromatic N) is 1. The van der Waals surface area contributed by atoms with Gasteiger partial charge in [-0.15, -0.1) is 0 Å². The van der Waals surface area contributed by atoms with Crippen LogP contribution in [0, 0.1) is 5.92 Å². The minimum atomic E-state index is 0.751. The van der Waals surface area contributed by atoms with E-state index in [1.54, 1.807) is 0 Å². The van der Waals surface area contributed by atoms with Gasteiger partial charge in [0, 0.05) is 10.9 Å². The number of hydrogen-bond acceptors (Lipinski definition) is 2. The molecule has 0 spiro atoms. The molecule has 3 rings (SSSR count). The van der Waals surface area contributed by atoms with E-state index in [1.165, 1.54) is 22.9 Å². The quantitative estimate of drug-likeness (QED) is 0.708. The van der Waals surface area contributed by atoms with Gasteiger partial charge in [0.2, 0.25) is 0 Å². The van der Waals surface area contributed by atoms with Crippen molar-refractivity contribution in [2.24, 2.45) is 5.92 Å². The molecule has 0 bridgehead atoms. The second-order valence-electron chi connectivity index (χ2n) is 4.58. The third kappa shape index (κ3) is 1.21. The fourth-order valence-electron chi connectivity index (χ4n) is 2.62. The average Bonchev–Trinajstić information content (AvgIpc) is 2.78. The summed E-state index contributed by atoms with van der Waals surface area (Å²) in [6.45, 7) is 4.41. The van der Waals surface area contributed by atoms with Crippen molar-refractivity contribution >= 4 is 11.0 Å². The van der Waals surface area contributed by atoms with Crippen molar-refractivity contribution in [3.8, 4) is 0 Å². The molecule has 2 heteroatoms. The molecule has 0 fully saturated rings. The van der Waals surface area contributed by atoms with Gasteiger partial charge in [-0.3, -0.25) is 0 Å². The summed E-state index contributed by atoms with van der Waals surface area (Å²) in [5, 5.41) is 5.35. The lowest BCUT2D eigenvalue weighted by Gasteiger charge is -1.97. The third-order valence-corrected chi connectivity index (χ3v) is 3.37. The van der Waals surface area contributed by atoms with Gasteiger partial charge in [0.15, 0.2) is 5.58 Å². The molecule has 0 saturated heterocycles. The minimum Gasteiger partial charge on any atom is -0.356 e. The summed E-state index contributed by atoms with van der Waals surface area (Å²) in [6.07, 6.45) is 3.28. The predicted molar refractivity (Wildman–Crippen MR) is 60.0 cm³/mol. The van der Waals surface area contributed by atoms with Gasteiger partial charge in [0.1, 0.15) is 0 Å². The third-order valence-electron chi connectivity index (χ3n) is 3.37. The molecule has 15 heavy (non-hydrogen) atoms. The fourth-order valence-corrected chi connectivity index (χ4v) is 2.62. The van der Waals surface area contributed by atoms with Gasteiger partial charge in [-0.25, -0.2) is 0 Å². The van der Waals surface area contributed by atoms with E-state index in [1.807, 2.05) is 0 Å². The van der Waals surface area contributed by atoms with Crippen molar-refractivity contribution in [3.05, 3.63) is 29.0 Å². The zero-order chi connectivity index (χ0) is 10.4. The molecule has 1 aliphatic carbocycles. The highest BCUT2D eigenvalue weighted by Crippen LogP contribution is 2.33. The maximum Gasteiger partial charge on any atom is 0.170 e. The van der Waals surface area contributed by atoms with Crippen LogP contribution < -0.4 is 0 Å². The summed E-state index contributed by atoms with van der Waals surface area (Å²) in [5.74, 6) is 0.751. The zero-order valence-corrected chi connectivity index (χ0v) is 9.21. The Morgan fingerprint density at radius 3 is 3.07 bits per heavy atom. The number of aromatic nitrogens is 1. The molecule has 2 aromatic rings. The molecule has 2 nitrogen and oxygen atoms in total. The molecule has 0 saturated carbocycles. The first-order valence-electron chi connectivity index (χ1n) is 5.68. The summed E-state index contributed by atoms with van der Waals surface area (Å²) in [5.41, 5.74) is 4.97. The van der Waals surface area contributed by atoms with Crippen LogP contribution in [0.1, 0.15) is 30.7 Å². The smallest absolute Gasteiger partial charge is 0.170 e. The van der Waals surface area contributed by atoms with Crippen LogP contribution in [0.5, 0.6) is 0 Å². The standard InChI is InChI=1S/C13H15NO/c1-3-12-10-5-4-9-6-8(2)7-11(9)13(10)15-14-12/h4-5,8H,3,6-7H2,1-2H3/t8-/m1/s1. The van der Waals surface area contributed by atoms with E-state index >= 15 is 0 Å². The molecule has 0 radical (unpaired) electrons. The maximum absolute atomic E-state index is 5.48. The van der Waals surface area contributed by atoms with E-state index < -0.39 is 0 Å². The van der Waals surface area contributed by atoms with Crippen molar-refractivity contribution in [2.45, 2.75) is 33.1 Å². The number of hydrogen-bond donors (Lipinski definition) is 0. The van der Waals surface area contributed by atoms with Crippen molar-refractivity contribution < 1.29 is 4.52 Å². The molecule has 0 N–H and O–H groups in total. The summed E-state index contributed by atoms with van der Waals surface area (Å²) >= 11 is 0. The first-order chi connectivity index (χ1) is 7.29. The van der Waals surface area contributed by atoms with Gasteiger partial charge in [-0.2, -0.15) is 0 Å². The molecule has 78 valence electrons. The SMILES string of the molecule is CCc1noc2c3c(ccc12)C[C@@H](C)C3. The Balaban J connectivity index is 2.27. The van der Waals surface area contributed by atoms with Gasteiger partial charge in [0.05, 0.1) is 5.69 Å². The molecule has 1 atom stereocenters. The molecule has 1 aromatic heterocycles. The van der Waals surface area contributed by atoms with Crippen LogP contribution in [-0.4, -0.2) is 5.16 Å². The lowest BCUT2D eigenvalue weighted by molar-refractivity contribution is 0.444. The van der Waals surface area contributed by atoms with E-state index in [4.69, 9.17) is 4.52 Å². The highest BCUT2D eigenvalue weighted by molar-refractivity contribution is 5.84. The monoisotopic (exact) mass is 201 g/mol. The van der Waals surface area contributed by atoms with Crippen LogP contribution in [0.3, 0.4) is 0 Å². The molecule has 0 unspecified atom stereocenters. The van der Waals surface area contributed by atoms with Crippen LogP contribution in [0.15, 0.2) is 16.7 Å². The van der Waals surface area contributed by atoms with Crippen molar-refractivity contribution in [3.63, 3.8) is 0 Å². The second kappa shape index (κ2) is 3.09. The van der Waals surface area contributed by atoms with Gasteiger partial charge < -0.3 is 4.52 Å². The van der Waals surface area contributed by atoms with Gasteiger partial charge in [0.25, 0.3) is 0 Å². The van der Waals surface area contributed by atoms with Crippen molar-refractivity contribution in [2.75, 3.05) is 0 Å². The fraction of sp³-hybridized carbons (Fsp3) is 0.462. The van der Waals surface area contributed by atoms with E-state index in [0.29, 0.717) is 0 Å². The van der Waals surface area contributed by atoms with E-state index in [2.05, 4.69) is 31.1 Å². The highest BCUT2D eigenvalue weighted by Gasteiger charge is 2.22. The normalized spacial score (nSPS) is 19.7. The minimum absolute atomic E-state index is 0.751. The number of fused-ring (bicyclic) bond motifs is 3. The van der Waals surface area contributed by atoms with Crippen LogP contribution >= 0.6 is 0 Å². The Hall–Kier alpha value is -1.31. The van der Waals surface area contributed by atoms with Gasteiger partial charge >= 0.3 is 0 Å². The highest BCUT2D eigenvalue weighted by atomic mass is 16.5. The molecule has 1 aliphatic rings. The maximum atomic E-state index is 5.48. The summed E-state index contributed by atoms with van der Waals surface area (Å²) in [4.78, 5) is 0. The molecule has 1 heterocycles. The summed E-state index contributed by atoms with van der Waals surface area (Å²) in [6, 6.07) is 4.42. The predicted octanol–water partition coefficient (Wildman–Crippen LogP) is 3.12. The molecule has 1 aromatic carbocycles. The Kier molecular flexibility index (Phi) is 1.84. The Labute approximate surface area is 89.3 Å². The topological polar surface area (TPSA) is 26.0 Å². The van der Waals surface area contributed by atoms with Crippen LogP contribution in [0.2, 0.25) is 0 Å². The number of aryl methyl sites for hydroxylation is 1. The Morgan fingerprint density at radius 2 is 2.27 bits per heavy atom. The molecule has 0 amide bonds. The summed E-state index contributed by atoms with van der Waals surface area (Å²) < 4.78 is 5.48. The average molecular weight is 201 g/mol. The number of benzene rings is 1. The zero-order valence-electron chi connectivity index (χ0n) is 9.21. The van der Waals surface area contributed by atoms with Crippen molar-refractivity contribution in [1.29, 1.82) is 0 Å². The van der Waals surface area contributed by atoms with Crippen molar-refractivity contribution in [1.82, 2.24) is 5.16 Å². The Morgan fingerprint density at radius 1 is 1.40 bits per heavy atom. The van der Waals surface area contributed by atoms with Gasteiger partial charge in [-0.05, 0) is 36.8 Å². The van der Waals surface area contributed by atoms with E-state index in [0.717, 1.165) is 30.0 Å². The van der Waals surface area contributed by atoms with Gasteiger partial charge in [-0.1, -0.05) is 25.1 Å². The largest absolute Gasteiger partial charge is 0.356 e. The first kappa shape index (κ1) is 8.96. The number of rotatable bonds is 1. The first-order valence-corrected chi connectivity index (χ1v) is 5.68. The second-order valence-corrected chi connectivity index (χ2v) is 4.58. The summed E-state index contributed by atoms with van der Waals surface area (Å²) in [7, 11) is 0. The van der Waals surface area contributed by atoms with Crippen LogP contribution in [0.25, 0.3) is 11.0 Å². The Bertz CT molecular complexity index is 512. The lowest BCUT2D eigenvalue weighted by atomic mass is 10.1. The molecule has 0 aliphatic heterocycles. The van der Waals surface area contributed by atoms with Crippen LogP contribution in [0.4, 0.5) is 0 Å². The van der Waals surface area contributed by atoms with Crippen LogP contribution in [-0.2, 0) is 19.3 Å².